The molecule has 0 aliphatic rings. The molecule has 0 atom stereocenters. The van der Waals surface area contributed by atoms with Gasteiger partial charge in [-0.05, 0) is 6.42 Å². The molecule has 0 rings (SSSR count). The van der Waals surface area contributed by atoms with Crippen LogP contribution in [0.1, 0.15) is 39.0 Å². The smallest absolute Gasteiger partial charge is 0.218 e. The Morgan fingerprint density at radius 3 is 2.22 bits per heavy atom. The minimum Gasteiger partial charge on any atom is -0.361 e. The predicted octanol–water partition coefficient (Wildman–Crippen LogP) is 2.19. The van der Waals surface area contributed by atoms with Crippen LogP contribution in [0.25, 0.3) is 0 Å². The third-order valence-electron chi connectivity index (χ3n) is 1.25. The normalized spacial score (nSPS) is 10.7. The van der Waals surface area contributed by atoms with Crippen LogP contribution in [0, 0.1) is 6.29 Å². The second kappa shape index (κ2) is 6.05. The molecule has 0 aromatic heterocycles. The van der Waals surface area contributed by atoms with Crippen LogP contribution in [0.15, 0.2) is 0 Å². The molecule has 2 heteroatoms. The topological polar surface area (TPSA) is 40.5 Å². The van der Waals surface area contributed by atoms with Crippen LogP contribution in [0.2, 0.25) is 0 Å². The Morgan fingerprint density at radius 2 is 1.78 bits per heavy atom. The van der Waals surface area contributed by atoms with Crippen molar-refractivity contribution in [2.24, 2.45) is 0 Å². The third kappa shape index (κ3) is 7.92. The molecule has 0 aliphatic heterocycles. The largest absolute Gasteiger partial charge is 0.361 e. The molecular weight excluding hydrogens is 116 g/mol. The Morgan fingerprint density at radius 1 is 1.11 bits per heavy atom. The molecule has 0 amide bonds. The number of rotatable bonds is 5. The molecule has 0 heterocycles. The maximum Gasteiger partial charge on any atom is 0.218 e. The number of unbranched alkanes of at least 4 members (excludes halogenated alkanes) is 3. The van der Waals surface area contributed by atoms with Crippen LogP contribution in [0.3, 0.4) is 0 Å². The van der Waals surface area contributed by atoms with Gasteiger partial charge in [-0.25, -0.2) is 0 Å². The molecule has 0 fully saturated rings. The summed E-state index contributed by atoms with van der Waals surface area (Å²) in [5.41, 5.74) is 0. The molecule has 0 saturated carbocycles. The van der Waals surface area contributed by atoms with Gasteiger partial charge in [0, 0.05) is 6.42 Å². The first-order valence-electron chi connectivity index (χ1n) is 3.51. The number of hydrogen-bond acceptors (Lipinski definition) is 2. The van der Waals surface area contributed by atoms with Gasteiger partial charge in [0.2, 0.25) is 6.29 Å². The highest BCUT2D eigenvalue weighted by molar-refractivity contribution is 4.56. The van der Waals surface area contributed by atoms with Crippen molar-refractivity contribution in [2.75, 3.05) is 0 Å². The number of aliphatic hydroxyl groups is 2. The molecule has 55 valence electrons. The fourth-order valence-electron chi connectivity index (χ4n) is 0.710. The van der Waals surface area contributed by atoms with E-state index in [0.29, 0.717) is 6.42 Å². The lowest BCUT2D eigenvalue weighted by Crippen LogP contribution is -1.91. The quantitative estimate of drug-likeness (QED) is 0.561. The van der Waals surface area contributed by atoms with Gasteiger partial charge in [-0.15, -0.1) is 0 Å². The molecule has 2 nitrogen and oxygen atoms in total. The predicted molar refractivity (Wildman–Crippen MR) is 35.9 cm³/mol. The summed E-state index contributed by atoms with van der Waals surface area (Å²) in [6, 6.07) is 0. The van der Waals surface area contributed by atoms with Gasteiger partial charge in [-0.3, -0.25) is 0 Å². The SMILES string of the molecule is CCCCCC[C](O)O. The van der Waals surface area contributed by atoms with Gasteiger partial charge in [-0.2, -0.15) is 0 Å². The molecule has 0 aromatic rings. The lowest BCUT2D eigenvalue weighted by atomic mass is 10.1. The van der Waals surface area contributed by atoms with Crippen LogP contribution in [0.4, 0.5) is 0 Å². The Balaban J connectivity index is 2.75. The van der Waals surface area contributed by atoms with Crippen molar-refractivity contribution in [1.29, 1.82) is 0 Å². The average Bonchev–Trinajstić information content (AvgIpc) is 1.80. The molecule has 2 N–H and O–H groups in total. The summed E-state index contributed by atoms with van der Waals surface area (Å²) in [5.74, 6) is 0. The van der Waals surface area contributed by atoms with E-state index in [1.54, 1.807) is 0 Å². The number of hydrogen-bond donors (Lipinski definition) is 2. The van der Waals surface area contributed by atoms with Crippen LogP contribution < -0.4 is 0 Å². The summed E-state index contributed by atoms with van der Waals surface area (Å²) >= 11 is 0. The number of aliphatic hydroxyl groups excluding tert-OH is 1. The van der Waals surface area contributed by atoms with E-state index in [4.69, 9.17) is 10.2 Å². The highest BCUT2D eigenvalue weighted by Crippen LogP contribution is 2.06. The Hall–Kier alpha value is -0.0800. The monoisotopic (exact) mass is 131 g/mol. The zero-order valence-electron chi connectivity index (χ0n) is 5.93. The van der Waals surface area contributed by atoms with E-state index in [0.717, 1.165) is 12.8 Å². The van der Waals surface area contributed by atoms with Gasteiger partial charge in [0.25, 0.3) is 0 Å². The Kier molecular flexibility index (Phi) is 5.99. The van der Waals surface area contributed by atoms with E-state index in [2.05, 4.69) is 6.92 Å². The maximum absolute atomic E-state index is 8.32. The molecule has 0 unspecified atom stereocenters. The van der Waals surface area contributed by atoms with Gasteiger partial charge >= 0.3 is 0 Å². The molecule has 1 radical (unpaired) electrons. The van der Waals surface area contributed by atoms with Crippen LogP contribution in [-0.4, -0.2) is 10.2 Å². The molecule has 0 saturated heterocycles. The minimum absolute atomic E-state index is 0.425. The van der Waals surface area contributed by atoms with Gasteiger partial charge in [-0.1, -0.05) is 26.2 Å². The second-order valence-corrected chi connectivity index (χ2v) is 2.23. The maximum atomic E-state index is 8.32. The lowest BCUT2D eigenvalue weighted by Gasteiger charge is -1.98. The summed E-state index contributed by atoms with van der Waals surface area (Å²) < 4.78 is 0. The lowest BCUT2D eigenvalue weighted by molar-refractivity contribution is 0.0704. The summed E-state index contributed by atoms with van der Waals surface area (Å²) in [4.78, 5) is 0. The fourth-order valence-corrected chi connectivity index (χ4v) is 0.710. The van der Waals surface area contributed by atoms with Gasteiger partial charge < -0.3 is 10.2 Å². The van der Waals surface area contributed by atoms with Crippen molar-refractivity contribution >= 4 is 0 Å². The first-order chi connectivity index (χ1) is 4.27. The van der Waals surface area contributed by atoms with Crippen molar-refractivity contribution in [2.45, 2.75) is 39.0 Å². The summed E-state index contributed by atoms with van der Waals surface area (Å²) in [6.45, 7) is 2.13. The zero-order valence-corrected chi connectivity index (χ0v) is 5.93. The average molecular weight is 131 g/mol. The first-order valence-corrected chi connectivity index (χ1v) is 3.51. The van der Waals surface area contributed by atoms with Crippen molar-refractivity contribution in [3.63, 3.8) is 0 Å². The van der Waals surface area contributed by atoms with E-state index in [9.17, 15) is 0 Å². The van der Waals surface area contributed by atoms with Crippen LogP contribution >= 0.6 is 0 Å². The highest BCUT2D eigenvalue weighted by Gasteiger charge is 1.96. The summed E-state index contributed by atoms with van der Waals surface area (Å²) in [6.07, 6.45) is 4.39. The second-order valence-electron chi connectivity index (χ2n) is 2.23. The summed E-state index contributed by atoms with van der Waals surface area (Å²) in [7, 11) is 0. The van der Waals surface area contributed by atoms with E-state index in [1.807, 2.05) is 0 Å². The van der Waals surface area contributed by atoms with Crippen molar-refractivity contribution in [1.82, 2.24) is 0 Å². The molecule has 0 bridgehead atoms. The Labute approximate surface area is 56.5 Å². The zero-order chi connectivity index (χ0) is 7.11. The van der Waals surface area contributed by atoms with Crippen molar-refractivity contribution in [3.8, 4) is 0 Å². The van der Waals surface area contributed by atoms with Crippen molar-refractivity contribution in [3.05, 3.63) is 6.29 Å². The highest BCUT2D eigenvalue weighted by atomic mass is 16.5. The van der Waals surface area contributed by atoms with Crippen LogP contribution in [0.5, 0.6) is 0 Å². The van der Waals surface area contributed by atoms with Crippen molar-refractivity contribution < 1.29 is 10.2 Å². The molecule has 9 heavy (non-hydrogen) atoms. The van der Waals surface area contributed by atoms with Gasteiger partial charge in [0.1, 0.15) is 0 Å². The van der Waals surface area contributed by atoms with E-state index >= 15 is 0 Å². The molecule has 0 aliphatic carbocycles. The fraction of sp³-hybridized carbons (Fsp3) is 0.857. The molecule has 0 aromatic carbocycles. The van der Waals surface area contributed by atoms with E-state index in [-0.39, 0.29) is 0 Å². The summed E-state index contributed by atoms with van der Waals surface area (Å²) in [5, 5.41) is 16.6. The minimum atomic E-state index is -0.425. The Bertz CT molecular complexity index is 52.9. The van der Waals surface area contributed by atoms with Gasteiger partial charge in [0.15, 0.2) is 0 Å². The van der Waals surface area contributed by atoms with Gasteiger partial charge in [0.05, 0.1) is 0 Å². The third-order valence-corrected chi connectivity index (χ3v) is 1.25. The molecule has 0 spiro atoms. The molecular formula is C7H15O2. The standard InChI is InChI=1S/C7H15O2/c1-2-3-4-5-6-7(8)9/h8-9H,2-6H2,1H3. The van der Waals surface area contributed by atoms with E-state index in [1.165, 1.54) is 12.8 Å². The van der Waals surface area contributed by atoms with Crippen LogP contribution in [-0.2, 0) is 0 Å². The van der Waals surface area contributed by atoms with E-state index < -0.39 is 6.29 Å². The first kappa shape index (κ1) is 8.92.